The monoisotopic (exact) mass is 321 g/mol. The molecule has 7 heteroatoms. The fraction of sp³-hybridized carbons (Fsp3) is 0.400. The minimum Gasteiger partial charge on any atom is -0.485 e. The summed E-state index contributed by atoms with van der Waals surface area (Å²) in [4.78, 5) is 0. The van der Waals surface area contributed by atoms with Crippen molar-refractivity contribution in [2.45, 2.75) is 37.3 Å². The lowest BCUT2D eigenvalue weighted by molar-refractivity contribution is 0.0857. The predicted molar refractivity (Wildman–Crippen MR) is 83.5 cm³/mol. The zero-order valence-electron chi connectivity index (χ0n) is 12.8. The molecule has 0 saturated carbocycles. The quantitative estimate of drug-likeness (QED) is 0.941. The topological polar surface area (TPSA) is 73.2 Å². The van der Waals surface area contributed by atoms with E-state index in [-0.39, 0.29) is 10.6 Å². The summed E-state index contributed by atoms with van der Waals surface area (Å²) in [5.74, 6) is 0.615. The molecule has 0 saturated heterocycles. The Morgan fingerprint density at radius 1 is 1.32 bits per heavy atom. The molecule has 2 aromatic rings. The first-order valence-corrected chi connectivity index (χ1v) is 8.59. The van der Waals surface area contributed by atoms with Crippen molar-refractivity contribution in [1.82, 2.24) is 9.78 Å². The molecule has 1 aliphatic rings. The molecule has 1 aromatic heterocycles. The van der Waals surface area contributed by atoms with E-state index in [0.29, 0.717) is 11.4 Å². The predicted octanol–water partition coefficient (Wildman–Crippen LogP) is 2.32. The van der Waals surface area contributed by atoms with Crippen LogP contribution in [0.2, 0.25) is 0 Å². The van der Waals surface area contributed by atoms with Crippen LogP contribution in [0.4, 0.5) is 5.69 Å². The number of aryl methyl sites for hydroxylation is 2. The van der Waals surface area contributed by atoms with Gasteiger partial charge in [-0.25, -0.2) is 0 Å². The molecule has 0 fully saturated rings. The summed E-state index contributed by atoms with van der Waals surface area (Å²) >= 11 is 0. The van der Waals surface area contributed by atoms with Gasteiger partial charge in [0.2, 0.25) is 0 Å². The van der Waals surface area contributed by atoms with Gasteiger partial charge in [0.25, 0.3) is 10.0 Å². The summed E-state index contributed by atoms with van der Waals surface area (Å²) in [6.45, 7) is 4.00. The van der Waals surface area contributed by atoms with Gasteiger partial charge in [-0.1, -0.05) is 12.1 Å². The number of anilines is 1. The zero-order chi connectivity index (χ0) is 16.0. The number of benzene rings is 1. The number of aromatic nitrogens is 2. The molecule has 118 valence electrons. The summed E-state index contributed by atoms with van der Waals surface area (Å²) in [5.41, 5.74) is 1.18. The Morgan fingerprint density at radius 3 is 2.77 bits per heavy atom. The van der Waals surface area contributed by atoms with E-state index in [1.807, 2.05) is 26.0 Å². The minimum atomic E-state index is -3.70. The van der Waals surface area contributed by atoms with Gasteiger partial charge in [0.15, 0.2) is 5.03 Å². The number of rotatable bonds is 3. The van der Waals surface area contributed by atoms with E-state index in [2.05, 4.69) is 9.82 Å². The van der Waals surface area contributed by atoms with E-state index in [0.717, 1.165) is 18.4 Å². The molecular formula is C15H19N3O3S. The molecular weight excluding hydrogens is 302 g/mol. The second-order valence-corrected chi connectivity index (χ2v) is 7.68. The second kappa shape index (κ2) is 5.01. The maximum atomic E-state index is 12.5. The smallest absolute Gasteiger partial charge is 0.279 e. The molecule has 0 amide bonds. The maximum absolute atomic E-state index is 12.5. The molecule has 1 N–H and O–H groups in total. The Bertz CT molecular complexity index is 809. The summed E-state index contributed by atoms with van der Waals surface area (Å²) in [6.07, 6.45) is 3.22. The van der Waals surface area contributed by atoms with Crippen LogP contribution >= 0.6 is 0 Å². The highest BCUT2D eigenvalue weighted by Crippen LogP contribution is 2.39. The number of nitrogens with one attached hydrogen (secondary N) is 1. The highest BCUT2D eigenvalue weighted by Gasteiger charge is 2.29. The molecule has 0 atom stereocenters. The summed E-state index contributed by atoms with van der Waals surface area (Å²) in [7, 11) is -2.11. The molecule has 3 rings (SSSR count). The van der Waals surface area contributed by atoms with E-state index >= 15 is 0 Å². The van der Waals surface area contributed by atoms with Crippen molar-refractivity contribution in [3.8, 4) is 5.75 Å². The normalized spacial score (nSPS) is 16.7. The van der Waals surface area contributed by atoms with Crippen LogP contribution < -0.4 is 9.46 Å². The minimum absolute atomic E-state index is 0.111. The molecule has 0 aliphatic carbocycles. The van der Waals surface area contributed by atoms with Crippen LogP contribution in [0.1, 0.15) is 25.8 Å². The third kappa shape index (κ3) is 2.68. The van der Waals surface area contributed by atoms with Crippen LogP contribution in [-0.2, 0) is 23.5 Å². The number of ether oxygens (including phenoxy) is 1. The van der Waals surface area contributed by atoms with Gasteiger partial charge in [0, 0.05) is 7.05 Å². The number of fused-ring (bicyclic) bond motifs is 1. The Hall–Kier alpha value is -2.02. The van der Waals surface area contributed by atoms with E-state index < -0.39 is 10.0 Å². The molecule has 1 aromatic carbocycles. The number of hydrogen-bond acceptors (Lipinski definition) is 4. The highest BCUT2D eigenvalue weighted by molar-refractivity contribution is 7.92. The summed E-state index contributed by atoms with van der Waals surface area (Å²) in [6, 6.07) is 6.98. The first-order chi connectivity index (χ1) is 10.3. The number of nitrogens with zero attached hydrogens (tertiary/aromatic N) is 2. The van der Waals surface area contributed by atoms with Crippen molar-refractivity contribution in [2.75, 3.05) is 4.72 Å². The van der Waals surface area contributed by atoms with E-state index in [9.17, 15) is 8.42 Å². The molecule has 0 radical (unpaired) electrons. The highest BCUT2D eigenvalue weighted by atomic mass is 32.2. The van der Waals surface area contributed by atoms with E-state index in [1.54, 1.807) is 13.1 Å². The summed E-state index contributed by atoms with van der Waals surface area (Å²) < 4.78 is 34.9. The lowest BCUT2D eigenvalue weighted by Crippen LogP contribution is -2.33. The van der Waals surface area contributed by atoms with Gasteiger partial charge in [-0.3, -0.25) is 9.40 Å². The van der Waals surface area contributed by atoms with Crippen molar-refractivity contribution in [1.29, 1.82) is 0 Å². The van der Waals surface area contributed by atoms with Gasteiger partial charge in [-0.05, 0) is 44.4 Å². The van der Waals surface area contributed by atoms with Crippen LogP contribution in [-0.4, -0.2) is 23.8 Å². The van der Waals surface area contributed by atoms with Gasteiger partial charge in [0.05, 0.1) is 11.9 Å². The molecule has 2 heterocycles. The molecule has 0 unspecified atom stereocenters. The van der Waals surface area contributed by atoms with Crippen molar-refractivity contribution < 1.29 is 13.2 Å². The van der Waals surface area contributed by atoms with Crippen LogP contribution in [0.3, 0.4) is 0 Å². The molecule has 0 bridgehead atoms. The van der Waals surface area contributed by atoms with Crippen molar-refractivity contribution in [3.63, 3.8) is 0 Å². The van der Waals surface area contributed by atoms with Crippen LogP contribution in [0.5, 0.6) is 5.75 Å². The Kier molecular flexibility index (Phi) is 3.40. The van der Waals surface area contributed by atoms with Gasteiger partial charge >= 0.3 is 0 Å². The van der Waals surface area contributed by atoms with Crippen LogP contribution in [0.15, 0.2) is 35.5 Å². The van der Waals surface area contributed by atoms with Gasteiger partial charge in [-0.15, -0.1) is 0 Å². The maximum Gasteiger partial charge on any atom is 0.279 e. The van der Waals surface area contributed by atoms with Gasteiger partial charge in [-0.2, -0.15) is 13.5 Å². The zero-order valence-corrected chi connectivity index (χ0v) is 13.6. The van der Waals surface area contributed by atoms with E-state index in [1.165, 1.54) is 16.9 Å². The Labute approximate surface area is 130 Å². The lowest BCUT2D eigenvalue weighted by atomic mass is 9.94. The fourth-order valence-electron chi connectivity index (χ4n) is 2.57. The van der Waals surface area contributed by atoms with Gasteiger partial charge < -0.3 is 4.74 Å². The van der Waals surface area contributed by atoms with Gasteiger partial charge in [0.1, 0.15) is 11.4 Å². The first kappa shape index (κ1) is 14.9. The third-order valence-electron chi connectivity index (χ3n) is 3.77. The second-order valence-electron chi connectivity index (χ2n) is 6.05. The average Bonchev–Trinajstić information content (AvgIpc) is 2.86. The first-order valence-electron chi connectivity index (χ1n) is 7.10. The van der Waals surface area contributed by atoms with Crippen molar-refractivity contribution >= 4 is 15.7 Å². The van der Waals surface area contributed by atoms with Crippen LogP contribution in [0.25, 0.3) is 0 Å². The largest absolute Gasteiger partial charge is 0.485 e. The lowest BCUT2D eigenvalue weighted by Gasteiger charge is -2.33. The van der Waals surface area contributed by atoms with E-state index in [4.69, 9.17) is 4.74 Å². The Balaban J connectivity index is 1.99. The summed E-state index contributed by atoms with van der Waals surface area (Å²) in [5, 5.41) is 4.01. The molecule has 1 aliphatic heterocycles. The molecule has 22 heavy (non-hydrogen) atoms. The van der Waals surface area contributed by atoms with Crippen LogP contribution in [0, 0.1) is 0 Å². The third-order valence-corrected chi connectivity index (χ3v) is 5.21. The average molecular weight is 321 g/mol. The molecule has 0 spiro atoms. The number of sulfonamides is 1. The number of hydrogen-bond donors (Lipinski definition) is 1. The van der Waals surface area contributed by atoms with Crippen molar-refractivity contribution in [3.05, 3.63) is 36.0 Å². The number of para-hydroxylation sites is 1. The standard InChI is InChI=1S/C15H19N3O3S/c1-15(2)9-7-11-5-4-6-12(14(11)21-15)17-22(19,20)13-8-10-16-18(13)3/h4-6,8,10,17H,7,9H2,1-3H3. The SMILES string of the molecule is Cn1nccc1S(=O)(=O)Nc1cccc2c1OC(C)(C)CC2. The fourth-order valence-corrected chi connectivity index (χ4v) is 3.76. The van der Waals surface area contributed by atoms with Crippen molar-refractivity contribution in [2.24, 2.45) is 7.05 Å². The Morgan fingerprint density at radius 2 is 2.09 bits per heavy atom. The molecule has 6 nitrogen and oxygen atoms in total.